The predicted octanol–water partition coefficient (Wildman–Crippen LogP) is 1.22. The molecule has 2 heterocycles. The Hall–Kier alpha value is -0.0800. The fraction of sp³-hybridized carbons (Fsp3) is 1.00. The van der Waals surface area contributed by atoms with Gasteiger partial charge in [-0.1, -0.05) is 6.42 Å². The van der Waals surface area contributed by atoms with Gasteiger partial charge in [-0.25, -0.2) is 0 Å². The molecule has 0 aromatic rings. The molecular weight excluding hydrogens is 160 g/mol. The largest absolute Gasteiger partial charge is 0.315 e. The van der Waals surface area contributed by atoms with E-state index in [4.69, 9.17) is 0 Å². The van der Waals surface area contributed by atoms with Gasteiger partial charge in [0.25, 0.3) is 0 Å². The summed E-state index contributed by atoms with van der Waals surface area (Å²) in [6, 6.07) is 0.875. The molecule has 2 heteroatoms. The minimum absolute atomic E-state index is 0.817. The molecule has 1 spiro atoms. The number of hydrogen-bond donors (Lipinski definition) is 1. The number of hydrogen-bond acceptors (Lipinski definition) is 2. The molecule has 1 unspecified atom stereocenters. The molecule has 1 saturated carbocycles. The molecule has 2 saturated heterocycles. The van der Waals surface area contributed by atoms with Crippen molar-refractivity contribution < 1.29 is 0 Å². The molecule has 1 atom stereocenters. The van der Waals surface area contributed by atoms with Crippen molar-refractivity contribution in [2.24, 2.45) is 5.41 Å². The molecule has 3 rings (SSSR count). The molecule has 0 bridgehead atoms. The Bertz CT molecular complexity index is 184. The van der Waals surface area contributed by atoms with E-state index in [0.717, 1.165) is 11.5 Å². The molecule has 0 aromatic heterocycles. The Morgan fingerprint density at radius 3 is 2.54 bits per heavy atom. The second kappa shape index (κ2) is 2.96. The molecule has 0 amide bonds. The molecule has 3 fully saturated rings. The van der Waals surface area contributed by atoms with Gasteiger partial charge in [-0.2, -0.15) is 0 Å². The number of likely N-dealkylation sites (tertiary alicyclic amines) is 1. The summed E-state index contributed by atoms with van der Waals surface area (Å²) in [4.78, 5) is 2.71. The second-order valence-corrected chi connectivity index (χ2v) is 5.26. The molecule has 1 N–H and O–H groups in total. The van der Waals surface area contributed by atoms with E-state index >= 15 is 0 Å². The second-order valence-electron chi connectivity index (χ2n) is 5.26. The summed E-state index contributed by atoms with van der Waals surface area (Å²) >= 11 is 0. The van der Waals surface area contributed by atoms with Crippen LogP contribution in [0.25, 0.3) is 0 Å². The van der Waals surface area contributed by atoms with Crippen LogP contribution in [-0.4, -0.2) is 37.1 Å². The summed E-state index contributed by atoms with van der Waals surface area (Å²) in [6.45, 7) is 5.32. The van der Waals surface area contributed by atoms with Gasteiger partial charge in [-0.3, -0.25) is 4.90 Å². The molecule has 2 nitrogen and oxygen atoms in total. The number of nitrogens with zero attached hydrogens (tertiary/aromatic N) is 1. The summed E-state index contributed by atoms with van der Waals surface area (Å²) in [7, 11) is 0. The number of nitrogens with one attached hydrogen (secondary N) is 1. The molecule has 13 heavy (non-hydrogen) atoms. The van der Waals surface area contributed by atoms with Crippen molar-refractivity contribution in [1.29, 1.82) is 0 Å². The Morgan fingerprint density at radius 2 is 2.00 bits per heavy atom. The maximum Gasteiger partial charge on any atom is 0.0221 e. The fourth-order valence-corrected chi connectivity index (χ4v) is 3.21. The molecular formula is C11H20N2. The van der Waals surface area contributed by atoms with Gasteiger partial charge in [0.15, 0.2) is 0 Å². The highest BCUT2D eigenvalue weighted by Gasteiger charge is 2.48. The van der Waals surface area contributed by atoms with Crippen LogP contribution in [0.1, 0.15) is 32.1 Å². The third-order valence-corrected chi connectivity index (χ3v) is 4.28. The predicted molar refractivity (Wildman–Crippen MR) is 53.7 cm³/mol. The topological polar surface area (TPSA) is 15.3 Å². The van der Waals surface area contributed by atoms with E-state index in [9.17, 15) is 0 Å². The van der Waals surface area contributed by atoms with Crippen molar-refractivity contribution in [1.82, 2.24) is 10.2 Å². The van der Waals surface area contributed by atoms with Crippen LogP contribution in [0, 0.1) is 5.41 Å². The summed E-state index contributed by atoms with van der Waals surface area (Å²) in [6.07, 6.45) is 7.35. The smallest absolute Gasteiger partial charge is 0.0221 e. The average Bonchev–Trinajstić information content (AvgIpc) is 2.01. The van der Waals surface area contributed by atoms with Crippen molar-refractivity contribution in [2.75, 3.05) is 26.2 Å². The maximum absolute atomic E-state index is 3.51. The van der Waals surface area contributed by atoms with Crippen LogP contribution in [0.2, 0.25) is 0 Å². The van der Waals surface area contributed by atoms with Crippen molar-refractivity contribution in [3.63, 3.8) is 0 Å². The van der Waals surface area contributed by atoms with Crippen LogP contribution < -0.4 is 5.32 Å². The maximum atomic E-state index is 3.51. The lowest BCUT2D eigenvalue weighted by Crippen LogP contribution is -2.64. The first-order valence-electron chi connectivity index (χ1n) is 5.83. The Labute approximate surface area is 80.7 Å². The van der Waals surface area contributed by atoms with Gasteiger partial charge in [0.1, 0.15) is 0 Å². The summed E-state index contributed by atoms with van der Waals surface area (Å²) in [5.41, 5.74) is 0.817. The highest BCUT2D eigenvalue weighted by Crippen LogP contribution is 2.49. The number of rotatable bonds is 1. The van der Waals surface area contributed by atoms with E-state index in [1.807, 2.05) is 0 Å². The van der Waals surface area contributed by atoms with Crippen LogP contribution >= 0.6 is 0 Å². The normalized spacial score (nSPS) is 38.3. The van der Waals surface area contributed by atoms with Crippen molar-refractivity contribution in [3.05, 3.63) is 0 Å². The van der Waals surface area contributed by atoms with E-state index in [1.165, 1.54) is 58.3 Å². The molecule has 0 aromatic carbocycles. The van der Waals surface area contributed by atoms with Gasteiger partial charge >= 0.3 is 0 Å². The minimum atomic E-state index is 0.817. The highest BCUT2D eigenvalue weighted by atomic mass is 15.3. The van der Waals surface area contributed by atoms with E-state index in [2.05, 4.69) is 10.2 Å². The summed E-state index contributed by atoms with van der Waals surface area (Å²) < 4.78 is 0. The summed E-state index contributed by atoms with van der Waals surface area (Å²) in [5, 5.41) is 3.51. The first-order chi connectivity index (χ1) is 6.38. The zero-order chi connectivity index (χ0) is 8.73. The van der Waals surface area contributed by atoms with Gasteiger partial charge in [-0.05, 0) is 37.6 Å². The van der Waals surface area contributed by atoms with Crippen LogP contribution in [0.3, 0.4) is 0 Å². The van der Waals surface area contributed by atoms with Gasteiger partial charge in [0.2, 0.25) is 0 Å². The quantitative estimate of drug-likeness (QED) is 0.653. The first kappa shape index (κ1) is 8.25. The first-order valence-corrected chi connectivity index (χ1v) is 5.83. The SMILES string of the molecule is C1CNCC(N2CC3(CCC3)C2)C1. The fourth-order valence-electron chi connectivity index (χ4n) is 3.21. The molecule has 0 radical (unpaired) electrons. The standard InChI is InChI=1S/C11H20N2/c1-3-10(7-12-6-1)13-8-11(9-13)4-2-5-11/h10,12H,1-9H2. The third-order valence-electron chi connectivity index (χ3n) is 4.28. The Kier molecular flexibility index (Phi) is 1.88. The van der Waals surface area contributed by atoms with Crippen LogP contribution in [-0.2, 0) is 0 Å². The van der Waals surface area contributed by atoms with E-state index in [1.54, 1.807) is 0 Å². The van der Waals surface area contributed by atoms with E-state index < -0.39 is 0 Å². The van der Waals surface area contributed by atoms with Crippen LogP contribution in [0.15, 0.2) is 0 Å². The van der Waals surface area contributed by atoms with Crippen molar-refractivity contribution >= 4 is 0 Å². The minimum Gasteiger partial charge on any atom is -0.315 e. The van der Waals surface area contributed by atoms with Crippen molar-refractivity contribution in [3.8, 4) is 0 Å². The van der Waals surface area contributed by atoms with Gasteiger partial charge < -0.3 is 5.32 Å². The van der Waals surface area contributed by atoms with Gasteiger partial charge in [0, 0.05) is 25.7 Å². The molecule has 2 aliphatic heterocycles. The third kappa shape index (κ3) is 1.31. The van der Waals surface area contributed by atoms with Crippen LogP contribution in [0.4, 0.5) is 0 Å². The molecule has 3 aliphatic rings. The van der Waals surface area contributed by atoms with Crippen LogP contribution in [0.5, 0.6) is 0 Å². The molecule has 1 aliphatic carbocycles. The number of piperidine rings is 1. The Balaban J connectivity index is 1.51. The lowest BCUT2D eigenvalue weighted by atomic mass is 9.63. The van der Waals surface area contributed by atoms with Crippen molar-refractivity contribution in [2.45, 2.75) is 38.1 Å². The van der Waals surface area contributed by atoms with E-state index in [-0.39, 0.29) is 0 Å². The summed E-state index contributed by atoms with van der Waals surface area (Å²) in [5.74, 6) is 0. The average molecular weight is 180 g/mol. The van der Waals surface area contributed by atoms with E-state index in [0.29, 0.717) is 0 Å². The van der Waals surface area contributed by atoms with Gasteiger partial charge in [0.05, 0.1) is 0 Å². The van der Waals surface area contributed by atoms with Gasteiger partial charge in [-0.15, -0.1) is 0 Å². The lowest BCUT2D eigenvalue weighted by Gasteiger charge is -2.59. The zero-order valence-electron chi connectivity index (χ0n) is 8.39. The highest BCUT2D eigenvalue weighted by molar-refractivity contribution is 5.02. The zero-order valence-corrected chi connectivity index (χ0v) is 8.39. The lowest BCUT2D eigenvalue weighted by molar-refractivity contribution is -0.0864. The molecule has 74 valence electrons. The monoisotopic (exact) mass is 180 g/mol. The Morgan fingerprint density at radius 1 is 1.15 bits per heavy atom.